The summed E-state index contributed by atoms with van der Waals surface area (Å²) in [5.41, 5.74) is 3.69. The van der Waals surface area contributed by atoms with Gasteiger partial charge in [-0.05, 0) is 61.2 Å². The Labute approximate surface area is 208 Å². The Kier molecular flexibility index (Phi) is 5.19. The molecule has 0 N–H and O–H groups in total. The number of hydrogen-bond acceptors (Lipinski definition) is 6. The summed E-state index contributed by atoms with van der Waals surface area (Å²) in [4.78, 5) is 20.7. The maximum Gasteiger partial charge on any atom is 0.206 e. The molecule has 0 amide bonds. The van der Waals surface area contributed by atoms with Crippen LogP contribution in [0.3, 0.4) is 0 Å². The van der Waals surface area contributed by atoms with Crippen LogP contribution < -0.4 is 4.74 Å². The highest BCUT2D eigenvalue weighted by atomic mass is 32.2. The summed E-state index contributed by atoms with van der Waals surface area (Å²) in [5.74, 6) is 1.85. The molecule has 0 unspecified atom stereocenters. The Hall–Kier alpha value is -3.98. The third-order valence-corrected chi connectivity index (χ3v) is 8.59. The molecule has 1 fully saturated rings. The van der Waals surface area contributed by atoms with E-state index in [0.29, 0.717) is 22.7 Å². The van der Waals surface area contributed by atoms with Crippen molar-refractivity contribution >= 4 is 38.1 Å². The van der Waals surface area contributed by atoms with E-state index in [0.717, 1.165) is 53.6 Å². The second kappa shape index (κ2) is 8.30. The number of carbonyl (C=O) groups is 1. The van der Waals surface area contributed by atoms with Crippen LogP contribution in [0, 0.1) is 5.92 Å². The topological polar surface area (TPSA) is 96.1 Å². The van der Waals surface area contributed by atoms with Gasteiger partial charge < -0.3 is 13.9 Å². The van der Waals surface area contributed by atoms with Crippen molar-refractivity contribution in [2.45, 2.75) is 29.2 Å². The van der Waals surface area contributed by atoms with Crippen LogP contribution >= 0.6 is 0 Å². The Bertz CT molecular complexity index is 1750. The van der Waals surface area contributed by atoms with Crippen LogP contribution in [0.4, 0.5) is 0 Å². The summed E-state index contributed by atoms with van der Waals surface area (Å²) in [6, 6.07) is 13.8. The molecule has 0 aliphatic heterocycles. The van der Waals surface area contributed by atoms with Crippen molar-refractivity contribution in [1.82, 2.24) is 19.1 Å². The van der Waals surface area contributed by atoms with Gasteiger partial charge in [-0.1, -0.05) is 6.07 Å². The molecule has 5 aromatic rings. The molecule has 9 heteroatoms. The molecule has 3 heterocycles. The molecule has 182 valence electrons. The van der Waals surface area contributed by atoms with E-state index in [4.69, 9.17) is 9.72 Å². The standard InChI is InChI=1S/C27H24N4O4S/c1-30-26-22(11-18(16-32)12-25(26)35-2)29-27(30)24-13-19-5-6-21(14-23(19)31(24)15-17-3-4-17)36(33,34)20-7-9-28-10-8-20/h5-14,16-17H,3-4,15H2,1-2H3. The average Bonchev–Trinajstić information content (AvgIpc) is 3.57. The molecule has 3 aromatic heterocycles. The number of pyridine rings is 1. The van der Waals surface area contributed by atoms with Gasteiger partial charge in [0.15, 0.2) is 5.82 Å². The molecule has 6 rings (SSSR count). The van der Waals surface area contributed by atoms with Crippen molar-refractivity contribution in [3.8, 4) is 17.3 Å². The van der Waals surface area contributed by atoms with E-state index >= 15 is 0 Å². The minimum Gasteiger partial charge on any atom is -0.494 e. The highest BCUT2D eigenvalue weighted by Gasteiger charge is 2.27. The molecular formula is C27H24N4O4S. The number of imidazole rings is 1. The summed E-state index contributed by atoms with van der Waals surface area (Å²) < 4.78 is 36.3. The Morgan fingerprint density at radius 3 is 2.53 bits per heavy atom. The van der Waals surface area contributed by atoms with Crippen molar-refractivity contribution in [2.75, 3.05) is 7.11 Å². The van der Waals surface area contributed by atoms with E-state index in [1.807, 2.05) is 17.7 Å². The lowest BCUT2D eigenvalue weighted by atomic mass is 10.2. The number of methoxy groups -OCH3 is 1. The van der Waals surface area contributed by atoms with Gasteiger partial charge in [0.25, 0.3) is 0 Å². The van der Waals surface area contributed by atoms with Gasteiger partial charge in [-0.2, -0.15) is 0 Å². The molecule has 1 aliphatic carbocycles. The van der Waals surface area contributed by atoms with Gasteiger partial charge in [-0.3, -0.25) is 9.78 Å². The molecule has 0 radical (unpaired) electrons. The molecule has 1 aliphatic rings. The van der Waals surface area contributed by atoms with Gasteiger partial charge in [-0.15, -0.1) is 0 Å². The van der Waals surface area contributed by atoms with Gasteiger partial charge >= 0.3 is 0 Å². The first-order chi connectivity index (χ1) is 17.4. The number of aryl methyl sites for hydroxylation is 1. The van der Waals surface area contributed by atoms with Crippen LogP contribution in [0.5, 0.6) is 5.75 Å². The number of benzene rings is 2. The predicted octanol–water partition coefficient (Wildman–Crippen LogP) is 4.65. The molecule has 1 saturated carbocycles. The van der Waals surface area contributed by atoms with Crippen LogP contribution in [0.1, 0.15) is 23.2 Å². The third-order valence-electron chi connectivity index (χ3n) is 6.83. The van der Waals surface area contributed by atoms with E-state index in [9.17, 15) is 13.2 Å². The van der Waals surface area contributed by atoms with E-state index in [1.54, 1.807) is 31.4 Å². The van der Waals surface area contributed by atoms with Gasteiger partial charge in [0, 0.05) is 42.5 Å². The number of carbonyl (C=O) groups excluding carboxylic acids is 1. The summed E-state index contributed by atoms with van der Waals surface area (Å²) >= 11 is 0. The number of hydrogen-bond donors (Lipinski definition) is 0. The van der Waals surface area contributed by atoms with Crippen LogP contribution in [0.2, 0.25) is 0 Å². The molecule has 0 atom stereocenters. The third kappa shape index (κ3) is 3.58. The van der Waals surface area contributed by atoms with Crippen LogP contribution in [-0.4, -0.2) is 40.9 Å². The number of nitrogens with zero attached hydrogens (tertiary/aromatic N) is 4. The second-order valence-corrected chi connectivity index (χ2v) is 11.1. The van der Waals surface area contributed by atoms with E-state index in [-0.39, 0.29) is 9.79 Å². The molecule has 0 bridgehead atoms. The predicted molar refractivity (Wildman–Crippen MR) is 136 cm³/mol. The number of aromatic nitrogens is 4. The fraction of sp³-hybridized carbons (Fsp3) is 0.222. The normalized spacial score (nSPS) is 13.9. The maximum atomic E-state index is 13.3. The zero-order valence-electron chi connectivity index (χ0n) is 19.9. The molecule has 0 saturated heterocycles. The lowest BCUT2D eigenvalue weighted by Gasteiger charge is -2.12. The Morgan fingerprint density at radius 1 is 1.06 bits per heavy atom. The Balaban J connectivity index is 1.57. The van der Waals surface area contributed by atoms with Crippen LogP contribution in [-0.2, 0) is 23.4 Å². The number of aldehydes is 1. The first-order valence-electron chi connectivity index (χ1n) is 11.7. The zero-order valence-corrected chi connectivity index (χ0v) is 20.7. The van der Waals surface area contributed by atoms with Gasteiger partial charge in [0.2, 0.25) is 9.84 Å². The SMILES string of the molecule is COc1cc(C=O)cc2nc(-c3cc4ccc(S(=O)(=O)c5ccncc5)cc4n3CC3CC3)n(C)c12. The van der Waals surface area contributed by atoms with E-state index in [2.05, 4.69) is 15.6 Å². The summed E-state index contributed by atoms with van der Waals surface area (Å²) in [7, 11) is -0.187. The highest BCUT2D eigenvalue weighted by molar-refractivity contribution is 7.91. The average molecular weight is 501 g/mol. The van der Waals surface area contributed by atoms with Crippen LogP contribution in [0.25, 0.3) is 33.5 Å². The van der Waals surface area contributed by atoms with Gasteiger partial charge in [0.05, 0.1) is 28.1 Å². The fourth-order valence-electron chi connectivity index (χ4n) is 4.78. The van der Waals surface area contributed by atoms with Crippen LogP contribution in [0.15, 0.2) is 70.7 Å². The van der Waals surface area contributed by atoms with Gasteiger partial charge in [-0.25, -0.2) is 13.4 Å². The summed E-state index contributed by atoms with van der Waals surface area (Å²) in [6.07, 6.45) is 6.04. The number of sulfone groups is 1. The smallest absolute Gasteiger partial charge is 0.206 e. The Morgan fingerprint density at radius 2 is 1.83 bits per heavy atom. The molecule has 8 nitrogen and oxygen atoms in total. The van der Waals surface area contributed by atoms with E-state index < -0.39 is 9.84 Å². The van der Waals surface area contributed by atoms with Crippen molar-refractivity contribution in [1.29, 1.82) is 0 Å². The fourth-order valence-corrected chi connectivity index (χ4v) is 6.05. The summed E-state index contributed by atoms with van der Waals surface area (Å²) in [5, 5.41) is 0.937. The zero-order chi connectivity index (χ0) is 25.0. The molecule has 36 heavy (non-hydrogen) atoms. The molecule has 0 spiro atoms. The lowest BCUT2D eigenvalue weighted by molar-refractivity contribution is 0.112. The largest absolute Gasteiger partial charge is 0.494 e. The minimum atomic E-state index is -3.68. The molecular weight excluding hydrogens is 476 g/mol. The quantitative estimate of drug-likeness (QED) is 0.302. The minimum absolute atomic E-state index is 0.214. The highest BCUT2D eigenvalue weighted by Crippen LogP contribution is 2.38. The lowest BCUT2D eigenvalue weighted by Crippen LogP contribution is -2.06. The number of fused-ring (bicyclic) bond motifs is 2. The van der Waals surface area contributed by atoms with Crippen molar-refractivity contribution < 1.29 is 17.9 Å². The summed E-state index contributed by atoms with van der Waals surface area (Å²) in [6.45, 7) is 0.775. The monoisotopic (exact) mass is 500 g/mol. The van der Waals surface area contributed by atoms with Crippen molar-refractivity contribution in [3.05, 3.63) is 66.5 Å². The second-order valence-electron chi connectivity index (χ2n) is 9.19. The van der Waals surface area contributed by atoms with Crippen molar-refractivity contribution in [3.63, 3.8) is 0 Å². The maximum absolute atomic E-state index is 13.3. The number of rotatable bonds is 7. The van der Waals surface area contributed by atoms with Crippen molar-refractivity contribution in [2.24, 2.45) is 13.0 Å². The van der Waals surface area contributed by atoms with Gasteiger partial charge in [0.1, 0.15) is 17.6 Å². The van der Waals surface area contributed by atoms with E-state index in [1.165, 1.54) is 24.5 Å². The molecule has 2 aromatic carbocycles. The first-order valence-corrected chi connectivity index (χ1v) is 13.2. The number of ether oxygens (including phenoxy) is 1. The first kappa shape index (κ1) is 22.5.